The molecular weight excluding hydrogens is 196 g/mol. The number of fused-ring (bicyclic) bond motifs is 1. The van der Waals surface area contributed by atoms with Crippen LogP contribution >= 0.6 is 0 Å². The van der Waals surface area contributed by atoms with Crippen LogP contribution in [0.2, 0.25) is 0 Å². The van der Waals surface area contributed by atoms with Gasteiger partial charge in [0, 0.05) is 5.39 Å². The van der Waals surface area contributed by atoms with E-state index < -0.39 is 11.4 Å². The van der Waals surface area contributed by atoms with Crippen molar-refractivity contribution in [1.29, 1.82) is 0 Å². The van der Waals surface area contributed by atoms with E-state index in [1.807, 2.05) is 0 Å². The summed E-state index contributed by atoms with van der Waals surface area (Å²) < 4.78 is 4.88. The molecule has 0 fully saturated rings. The van der Waals surface area contributed by atoms with Gasteiger partial charge in [-0.2, -0.15) is 0 Å². The zero-order chi connectivity index (χ0) is 10.8. The van der Waals surface area contributed by atoms with Gasteiger partial charge in [0.1, 0.15) is 11.1 Å². The Labute approximate surface area is 84.1 Å². The predicted molar refractivity (Wildman–Crippen MR) is 52.9 cm³/mol. The van der Waals surface area contributed by atoms with E-state index in [-0.39, 0.29) is 11.8 Å². The predicted octanol–water partition coefficient (Wildman–Crippen LogP) is 1.17. The smallest absolute Gasteiger partial charge is 0.347 e. The molecule has 0 radical (unpaired) electrons. The molecule has 2 rings (SSSR count). The lowest BCUT2D eigenvalue weighted by atomic mass is 10.1. The Kier molecular flexibility index (Phi) is 2.17. The minimum Gasteiger partial charge on any atom is -0.422 e. The maximum atomic E-state index is 11.3. The molecule has 1 aromatic heterocycles. The van der Waals surface area contributed by atoms with Crippen molar-refractivity contribution >= 4 is 23.0 Å². The molecule has 4 heteroatoms. The first-order valence-corrected chi connectivity index (χ1v) is 4.25. The lowest BCUT2D eigenvalue weighted by Crippen LogP contribution is -2.14. The third-order valence-corrected chi connectivity index (χ3v) is 2.01. The minimum absolute atomic E-state index is 0.0982. The van der Waals surface area contributed by atoms with Crippen LogP contribution in [-0.4, -0.2) is 12.1 Å². The lowest BCUT2D eigenvalue weighted by molar-refractivity contribution is -0.104. The minimum atomic E-state index is -0.866. The van der Waals surface area contributed by atoms with Crippen LogP contribution in [0.1, 0.15) is 10.4 Å². The molecule has 0 aliphatic rings. The van der Waals surface area contributed by atoms with Crippen LogP contribution in [-0.2, 0) is 4.79 Å². The third kappa shape index (κ3) is 1.57. The fourth-order valence-corrected chi connectivity index (χ4v) is 1.30. The average molecular weight is 202 g/mol. The molecule has 0 saturated carbocycles. The number of benzene rings is 1. The average Bonchev–Trinajstić information content (AvgIpc) is 2.27. The summed E-state index contributed by atoms with van der Waals surface area (Å²) in [5.41, 5.74) is -0.626. The standard InChI is InChI=1S/C11H6O4/c12-6-9(13)8-5-7-3-1-2-4-10(7)15-11(8)14/h1-6H. The van der Waals surface area contributed by atoms with E-state index in [1.54, 1.807) is 24.3 Å². The number of para-hydroxylation sites is 1. The van der Waals surface area contributed by atoms with Gasteiger partial charge in [-0.25, -0.2) is 4.79 Å². The molecule has 15 heavy (non-hydrogen) atoms. The number of carbonyl (C=O) groups excluding carboxylic acids is 2. The molecule has 2 aromatic rings. The number of carbonyl (C=O) groups is 2. The molecule has 0 aliphatic carbocycles. The quantitative estimate of drug-likeness (QED) is 0.317. The van der Waals surface area contributed by atoms with Crippen molar-refractivity contribution in [3.05, 3.63) is 46.3 Å². The SMILES string of the molecule is O=CC(=O)c1cc2ccccc2oc1=O. The van der Waals surface area contributed by atoms with E-state index in [0.29, 0.717) is 11.0 Å². The Morgan fingerprint density at radius 2 is 2.00 bits per heavy atom. The van der Waals surface area contributed by atoms with E-state index >= 15 is 0 Å². The van der Waals surface area contributed by atoms with Crippen LogP contribution in [0.15, 0.2) is 39.5 Å². The normalized spacial score (nSPS) is 10.1. The Hall–Kier alpha value is -2.23. The van der Waals surface area contributed by atoms with Crippen molar-refractivity contribution in [2.24, 2.45) is 0 Å². The van der Waals surface area contributed by atoms with Gasteiger partial charge in [-0.3, -0.25) is 9.59 Å². The highest BCUT2D eigenvalue weighted by molar-refractivity contribution is 6.33. The van der Waals surface area contributed by atoms with Crippen LogP contribution < -0.4 is 5.63 Å². The summed E-state index contributed by atoms with van der Waals surface area (Å²) in [7, 11) is 0. The second kappa shape index (κ2) is 3.49. The van der Waals surface area contributed by atoms with Gasteiger partial charge in [0.2, 0.25) is 5.78 Å². The van der Waals surface area contributed by atoms with Gasteiger partial charge in [-0.1, -0.05) is 18.2 Å². The van der Waals surface area contributed by atoms with Gasteiger partial charge < -0.3 is 4.42 Å². The topological polar surface area (TPSA) is 64.3 Å². The van der Waals surface area contributed by atoms with Crippen molar-refractivity contribution in [1.82, 2.24) is 0 Å². The summed E-state index contributed by atoms with van der Waals surface area (Å²) in [5, 5.41) is 0.613. The molecule has 0 aliphatic heterocycles. The molecule has 0 spiro atoms. The van der Waals surface area contributed by atoms with Gasteiger partial charge in [-0.05, 0) is 12.1 Å². The maximum Gasteiger partial charge on any atom is 0.347 e. The molecule has 0 saturated heterocycles. The molecule has 0 N–H and O–H groups in total. The molecule has 0 atom stereocenters. The van der Waals surface area contributed by atoms with Crippen LogP contribution in [0.5, 0.6) is 0 Å². The maximum absolute atomic E-state index is 11.3. The van der Waals surface area contributed by atoms with Crippen molar-refractivity contribution in [3.63, 3.8) is 0 Å². The molecule has 0 bridgehead atoms. The molecule has 4 nitrogen and oxygen atoms in total. The van der Waals surface area contributed by atoms with Gasteiger partial charge in [-0.15, -0.1) is 0 Å². The van der Waals surface area contributed by atoms with Crippen molar-refractivity contribution in [3.8, 4) is 0 Å². The van der Waals surface area contributed by atoms with Crippen molar-refractivity contribution in [2.45, 2.75) is 0 Å². The number of aldehydes is 1. The number of rotatable bonds is 2. The van der Waals surface area contributed by atoms with E-state index in [2.05, 4.69) is 0 Å². The Morgan fingerprint density at radius 1 is 1.27 bits per heavy atom. The lowest BCUT2D eigenvalue weighted by Gasteiger charge is -1.97. The van der Waals surface area contributed by atoms with Crippen LogP contribution in [0.3, 0.4) is 0 Å². The largest absolute Gasteiger partial charge is 0.422 e. The molecule has 1 heterocycles. The highest BCUT2D eigenvalue weighted by Gasteiger charge is 2.11. The Morgan fingerprint density at radius 3 is 2.73 bits per heavy atom. The summed E-state index contributed by atoms with van der Waals surface area (Å²) >= 11 is 0. The molecule has 0 unspecified atom stereocenters. The van der Waals surface area contributed by atoms with E-state index in [4.69, 9.17) is 4.42 Å². The third-order valence-electron chi connectivity index (χ3n) is 2.01. The van der Waals surface area contributed by atoms with Crippen molar-refractivity contribution < 1.29 is 14.0 Å². The van der Waals surface area contributed by atoms with Gasteiger partial charge in [0.15, 0.2) is 6.29 Å². The second-order valence-electron chi connectivity index (χ2n) is 2.97. The highest BCUT2D eigenvalue weighted by Crippen LogP contribution is 2.12. The van der Waals surface area contributed by atoms with Gasteiger partial charge in [0.25, 0.3) is 0 Å². The molecule has 1 aromatic carbocycles. The monoisotopic (exact) mass is 202 g/mol. The molecule has 0 amide bonds. The second-order valence-corrected chi connectivity index (χ2v) is 2.97. The first kappa shape index (κ1) is 9.33. The Balaban J connectivity index is 2.78. The number of Topliss-reactive ketones (excluding diaryl/α,β-unsaturated/α-hetero) is 1. The zero-order valence-corrected chi connectivity index (χ0v) is 7.60. The van der Waals surface area contributed by atoms with Crippen LogP contribution in [0.4, 0.5) is 0 Å². The molecule has 74 valence electrons. The van der Waals surface area contributed by atoms with Crippen molar-refractivity contribution in [2.75, 3.05) is 0 Å². The van der Waals surface area contributed by atoms with Gasteiger partial charge in [0.05, 0.1) is 0 Å². The summed E-state index contributed by atoms with van der Waals surface area (Å²) in [6.07, 6.45) is 0.0982. The zero-order valence-electron chi connectivity index (χ0n) is 7.60. The first-order chi connectivity index (χ1) is 7.22. The van der Waals surface area contributed by atoms with E-state index in [9.17, 15) is 14.4 Å². The fraction of sp³-hybridized carbons (Fsp3) is 0. The summed E-state index contributed by atoms with van der Waals surface area (Å²) in [5.74, 6) is -0.866. The summed E-state index contributed by atoms with van der Waals surface area (Å²) in [6, 6.07) is 8.13. The van der Waals surface area contributed by atoms with E-state index in [0.717, 1.165) is 0 Å². The summed E-state index contributed by atoms with van der Waals surface area (Å²) in [4.78, 5) is 32.6. The fourth-order valence-electron chi connectivity index (χ4n) is 1.30. The van der Waals surface area contributed by atoms with E-state index in [1.165, 1.54) is 6.07 Å². The van der Waals surface area contributed by atoms with Crippen LogP contribution in [0, 0.1) is 0 Å². The Bertz CT molecular complexity index is 595. The number of hydrogen-bond donors (Lipinski definition) is 0. The molecular formula is C11H6O4. The summed E-state index contributed by atoms with van der Waals surface area (Å²) in [6.45, 7) is 0. The number of hydrogen-bond acceptors (Lipinski definition) is 4. The first-order valence-electron chi connectivity index (χ1n) is 4.25. The van der Waals surface area contributed by atoms with Crippen LogP contribution in [0.25, 0.3) is 11.0 Å². The highest BCUT2D eigenvalue weighted by atomic mass is 16.4. The number of ketones is 1. The van der Waals surface area contributed by atoms with Gasteiger partial charge >= 0.3 is 5.63 Å².